The molecule has 184 valence electrons. The highest BCUT2D eigenvalue weighted by Crippen LogP contribution is 2.41. The van der Waals surface area contributed by atoms with Crippen molar-refractivity contribution in [2.75, 3.05) is 34.4 Å². The number of para-hydroxylation sites is 1. The third-order valence-electron chi connectivity index (χ3n) is 6.51. The molecule has 1 saturated heterocycles. The Balaban J connectivity index is 1.75. The number of methoxy groups -OCH3 is 3. The standard InChI is InChI=1S/C27H31N3O5/c1-33-23-13-18(14-24(34-2)26(23)35-3)22-15-20(19-8-4-5-9-21(19)29-22)27(32)30-12-6-7-17(16-30)10-11-25(28)31/h4-5,8-9,13-15,17H,6-7,10-12,16H2,1-3H3,(H2,28,31). The molecule has 1 aliphatic rings. The molecule has 2 amide bonds. The first kappa shape index (κ1) is 24.3. The molecule has 1 atom stereocenters. The first-order valence-corrected chi connectivity index (χ1v) is 11.7. The molecule has 1 fully saturated rings. The maximum Gasteiger partial charge on any atom is 0.254 e. The lowest BCUT2D eigenvalue weighted by Crippen LogP contribution is -2.40. The van der Waals surface area contributed by atoms with Crippen LogP contribution in [-0.2, 0) is 4.79 Å². The summed E-state index contributed by atoms with van der Waals surface area (Å²) in [6, 6.07) is 13.1. The Hall–Kier alpha value is -3.81. The molecule has 3 aromatic rings. The fourth-order valence-corrected chi connectivity index (χ4v) is 4.73. The van der Waals surface area contributed by atoms with E-state index in [0.29, 0.717) is 54.4 Å². The van der Waals surface area contributed by atoms with E-state index in [9.17, 15) is 9.59 Å². The van der Waals surface area contributed by atoms with E-state index in [0.717, 1.165) is 29.3 Å². The van der Waals surface area contributed by atoms with Crippen LogP contribution in [0.2, 0.25) is 0 Å². The van der Waals surface area contributed by atoms with E-state index in [4.69, 9.17) is 24.9 Å². The van der Waals surface area contributed by atoms with Crippen molar-refractivity contribution in [1.82, 2.24) is 9.88 Å². The van der Waals surface area contributed by atoms with Gasteiger partial charge in [-0.1, -0.05) is 18.2 Å². The van der Waals surface area contributed by atoms with Crippen molar-refractivity contribution in [3.8, 4) is 28.5 Å². The van der Waals surface area contributed by atoms with E-state index in [1.165, 1.54) is 0 Å². The number of ether oxygens (including phenoxy) is 3. The molecule has 0 saturated carbocycles. The SMILES string of the molecule is COc1cc(-c2cc(C(=O)N3CCCC(CCC(N)=O)C3)c3ccccc3n2)cc(OC)c1OC. The summed E-state index contributed by atoms with van der Waals surface area (Å²) in [4.78, 5) is 31.7. The van der Waals surface area contributed by atoms with Gasteiger partial charge in [-0.05, 0) is 49.4 Å². The molecule has 0 bridgehead atoms. The zero-order valence-corrected chi connectivity index (χ0v) is 20.4. The second kappa shape index (κ2) is 10.6. The molecule has 2 N–H and O–H groups in total. The number of carbonyl (C=O) groups is 2. The molecule has 8 heteroatoms. The van der Waals surface area contributed by atoms with Crippen molar-refractivity contribution in [3.63, 3.8) is 0 Å². The monoisotopic (exact) mass is 477 g/mol. The van der Waals surface area contributed by atoms with E-state index < -0.39 is 0 Å². The van der Waals surface area contributed by atoms with Crippen molar-refractivity contribution in [1.29, 1.82) is 0 Å². The summed E-state index contributed by atoms with van der Waals surface area (Å²) in [5.41, 5.74) is 8.04. The van der Waals surface area contributed by atoms with Gasteiger partial charge in [-0.15, -0.1) is 0 Å². The fourth-order valence-electron chi connectivity index (χ4n) is 4.73. The minimum atomic E-state index is -0.302. The predicted octanol–water partition coefficient (Wildman–Crippen LogP) is 4.05. The zero-order chi connectivity index (χ0) is 24.9. The van der Waals surface area contributed by atoms with Crippen LogP contribution in [0.1, 0.15) is 36.0 Å². The van der Waals surface area contributed by atoms with Gasteiger partial charge >= 0.3 is 0 Å². The third-order valence-corrected chi connectivity index (χ3v) is 6.51. The smallest absolute Gasteiger partial charge is 0.254 e. The van der Waals surface area contributed by atoms with Gasteiger partial charge in [-0.25, -0.2) is 4.98 Å². The van der Waals surface area contributed by atoms with E-state index >= 15 is 0 Å². The number of carbonyl (C=O) groups excluding carboxylic acids is 2. The van der Waals surface area contributed by atoms with Gasteiger partial charge in [0.25, 0.3) is 5.91 Å². The number of primary amides is 1. The Bertz CT molecular complexity index is 1220. The summed E-state index contributed by atoms with van der Waals surface area (Å²) in [5.74, 6) is 1.44. The van der Waals surface area contributed by atoms with Crippen LogP contribution in [0.3, 0.4) is 0 Å². The Morgan fingerprint density at radius 1 is 1.06 bits per heavy atom. The molecule has 1 aliphatic heterocycles. The molecule has 1 aromatic heterocycles. The lowest BCUT2D eigenvalue weighted by molar-refractivity contribution is -0.118. The Kier molecular flexibility index (Phi) is 7.39. The lowest BCUT2D eigenvalue weighted by atomic mass is 9.92. The van der Waals surface area contributed by atoms with E-state index in [2.05, 4.69) is 0 Å². The van der Waals surface area contributed by atoms with Gasteiger partial charge in [0.15, 0.2) is 11.5 Å². The first-order chi connectivity index (χ1) is 16.9. The number of amides is 2. The zero-order valence-electron chi connectivity index (χ0n) is 20.4. The quantitative estimate of drug-likeness (QED) is 0.525. The summed E-state index contributed by atoms with van der Waals surface area (Å²) in [6.45, 7) is 1.30. The van der Waals surface area contributed by atoms with Crippen LogP contribution >= 0.6 is 0 Å². The number of benzene rings is 2. The van der Waals surface area contributed by atoms with Crippen molar-refractivity contribution in [3.05, 3.63) is 48.0 Å². The summed E-state index contributed by atoms with van der Waals surface area (Å²) >= 11 is 0. The normalized spacial score (nSPS) is 15.6. The topological polar surface area (TPSA) is 104 Å². The van der Waals surface area contributed by atoms with Crippen LogP contribution < -0.4 is 19.9 Å². The maximum atomic E-state index is 13.8. The van der Waals surface area contributed by atoms with E-state index in [-0.39, 0.29) is 17.7 Å². The van der Waals surface area contributed by atoms with Crippen LogP contribution in [0, 0.1) is 5.92 Å². The van der Waals surface area contributed by atoms with Crippen LogP contribution in [0.5, 0.6) is 17.2 Å². The van der Waals surface area contributed by atoms with Gasteiger partial charge in [0.1, 0.15) is 0 Å². The minimum absolute atomic E-state index is 0.0407. The maximum absolute atomic E-state index is 13.8. The summed E-state index contributed by atoms with van der Waals surface area (Å²) in [5, 5.41) is 0.799. The van der Waals surface area contributed by atoms with Gasteiger partial charge in [0.05, 0.1) is 38.1 Å². The molecular weight excluding hydrogens is 446 g/mol. The average molecular weight is 478 g/mol. The molecule has 0 spiro atoms. The molecule has 0 aliphatic carbocycles. The highest BCUT2D eigenvalue weighted by atomic mass is 16.5. The van der Waals surface area contributed by atoms with Crippen LogP contribution in [0.15, 0.2) is 42.5 Å². The number of hydrogen-bond acceptors (Lipinski definition) is 6. The number of hydrogen-bond donors (Lipinski definition) is 1. The van der Waals surface area contributed by atoms with E-state index in [1.807, 2.05) is 47.4 Å². The second-order valence-corrected chi connectivity index (χ2v) is 8.75. The largest absolute Gasteiger partial charge is 0.493 e. The number of nitrogens with two attached hydrogens (primary N) is 1. The predicted molar refractivity (Wildman–Crippen MR) is 134 cm³/mol. The highest BCUT2D eigenvalue weighted by Gasteiger charge is 2.27. The molecule has 1 unspecified atom stereocenters. The molecule has 2 aromatic carbocycles. The number of nitrogens with zero attached hydrogens (tertiary/aromatic N) is 2. The number of aromatic nitrogens is 1. The van der Waals surface area contributed by atoms with Crippen molar-refractivity contribution in [2.24, 2.45) is 11.7 Å². The third kappa shape index (κ3) is 5.16. The van der Waals surface area contributed by atoms with Gasteiger partial charge in [-0.2, -0.15) is 0 Å². The number of pyridine rings is 1. The minimum Gasteiger partial charge on any atom is -0.493 e. The summed E-state index contributed by atoms with van der Waals surface area (Å²) in [7, 11) is 4.68. The number of fused-ring (bicyclic) bond motifs is 1. The van der Waals surface area contributed by atoms with Gasteiger partial charge in [-0.3, -0.25) is 9.59 Å². The molecule has 2 heterocycles. The fraction of sp³-hybridized carbons (Fsp3) is 0.370. The second-order valence-electron chi connectivity index (χ2n) is 8.75. The van der Waals surface area contributed by atoms with Crippen LogP contribution in [-0.4, -0.2) is 56.1 Å². The number of piperidine rings is 1. The van der Waals surface area contributed by atoms with Crippen LogP contribution in [0.4, 0.5) is 0 Å². The van der Waals surface area contributed by atoms with E-state index in [1.54, 1.807) is 21.3 Å². The summed E-state index contributed by atoms with van der Waals surface area (Å²) < 4.78 is 16.5. The lowest BCUT2D eigenvalue weighted by Gasteiger charge is -2.33. The molecule has 35 heavy (non-hydrogen) atoms. The summed E-state index contributed by atoms with van der Waals surface area (Å²) in [6.07, 6.45) is 2.94. The van der Waals surface area contributed by atoms with Crippen molar-refractivity contribution in [2.45, 2.75) is 25.7 Å². The number of likely N-dealkylation sites (tertiary alicyclic amines) is 1. The Morgan fingerprint density at radius 3 is 2.43 bits per heavy atom. The van der Waals surface area contributed by atoms with Crippen molar-refractivity contribution < 1.29 is 23.8 Å². The molecule has 8 nitrogen and oxygen atoms in total. The molecular formula is C27H31N3O5. The van der Waals surface area contributed by atoms with Crippen molar-refractivity contribution >= 4 is 22.7 Å². The average Bonchev–Trinajstić information content (AvgIpc) is 2.90. The molecule has 0 radical (unpaired) electrons. The Morgan fingerprint density at radius 2 is 1.77 bits per heavy atom. The van der Waals surface area contributed by atoms with Crippen LogP contribution in [0.25, 0.3) is 22.2 Å². The Labute approximate surface area is 205 Å². The van der Waals surface area contributed by atoms with Gasteiger partial charge < -0.3 is 24.8 Å². The number of rotatable bonds is 8. The molecule has 4 rings (SSSR count). The highest BCUT2D eigenvalue weighted by molar-refractivity contribution is 6.07. The first-order valence-electron chi connectivity index (χ1n) is 11.7. The van der Waals surface area contributed by atoms with Gasteiger partial charge in [0.2, 0.25) is 11.7 Å². The van der Waals surface area contributed by atoms with Gasteiger partial charge in [0, 0.05) is 30.5 Å².